The zero-order chi connectivity index (χ0) is 18.3. The van der Waals surface area contributed by atoms with Crippen LogP contribution in [0, 0.1) is 0 Å². The van der Waals surface area contributed by atoms with Crippen LogP contribution in [-0.2, 0) is 31.8 Å². The van der Waals surface area contributed by atoms with Crippen LogP contribution in [0.3, 0.4) is 0 Å². The predicted molar refractivity (Wildman–Crippen MR) is 80.6 cm³/mol. The highest BCUT2D eigenvalue weighted by atomic mass is 19.4. The molecular weight excluding hydrogens is 327 g/mol. The number of hydrogen-bond acceptors (Lipinski definition) is 4. The third-order valence-corrected chi connectivity index (χ3v) is 3.16. The third kappa shape index (κ3) is 5.38. The van der Waals surface area contributed by atoms with Gasteiger partial charge in [-0.3, -0.25) is 9.63 Å². The molecule has 0 radical (unpaired) electrons. The Kier molecular flexibility index (Phi) is 6.97. The fourth-order valence-corrected chi connectivity index (χ4v) is 1.94. The molecule has 0 atom stereocenters. The van der Waals surface area contributed by atoms with E-state index in [9.17, 15) is 22.8 Å². The van der Waals surface area contributed by atoms with Crippen molar-refractivity contribution >= 4 is 18.0 Å². The highest BCUT2D eigenvalue weighted by Gasteiger charge is 2.34. The first-order chi connectivity index (χ1) is 11.2. The minimum Gasteiger partial charge on any atom is -0.463 e. The van der Waals surface area contributed by atoms with Crippen LogP contribution in [0.5, 0.6) is 0 Å². The van der Waals surface area contributed by atoms with Crippen LogP contribution >= 0.6 is 0 Å². The predicted octanol–water partition coefficient (Wildman–Crippen LogP) is 2.84. The van der Waals surface area contributed by atoms with Gasteiger partial charge < -0.3 is 4.74 Å². The Morgan fingerprint density at radius 3 is 2.50 bits per heavy atom. The number of carbonyl (C=O) groups is 2. The SMILES string of the molecule is CCOC(=O)/C=C/c1cccc(C(F)(F)F)c1CC(=O)N(C)OC. The number of alkyl halides is 3. The summed E-state index contributed by atoms with van der Waals surface area (Å²) in [7, 11) is 2.53. The summed E-state index contributed by atoms with van der Waals surface area (Å²) in [6, 6.07) is 3.49. The minimum absolute atomic E-state index is 0.107. The van der Waals surface area contributed by atoms with Gasteiger partial charge in [0.25, 0.3) is 0 Å². The van der Waals surface area contributed by atoms with E-state index in [-0.39, 0.29) is 17.7 Å². The molecule has 0 spiro atoms. The van der Waals surface area contributed by atoms with Gasteiger partial charge in [-0.05, 0) is 30.2 Å². The van der Waals surface area contributed by atoms with Crippen LogP contribution in [0.4, 0.5) is 13.2 Å². The van der Waals surface area contributed by atoms with Gasteiger partial charge in [0.05, 0.1) is 25.7 Å². The first-order valence-corrected chi connectivity index (χ1v) is 7.05. The highest BCUT2D eigenvalue weighted by Crippen LogP contribution is 2.34. The monoisotopic (exact) mass is 345 g/mol. The van der Waals surface area contributed by atoms with Crippen molar-refractivity contribution in [2.45, 2.75) is 19.5 Å². The Balaban J connectivity index is 3.28. The fourth-order valence-electron chi connectivity index (χ4n) is 1.94. The molecule has 0 saturated carbocycles. The number of halogens is 3. The van der Waals surface area contributed by atoms with Crippen molar-refractivity contribution in [2.24, 2.45) is 0 Å². The molecule has 8 heteroatoms. The van der Waals surface area contributed by atoms with Crippen molar-refractivity contribution in [1.82, 2.24) is 5.06 Å². The van der Waals surface area contributed by atoms with Crippen molar-refractivity contribution < 1.29 is 32.3 Å². The number of amides is 1. The Morgan fingerprint density at radius 2 is 1.96 bits per heavy atom. The first kappa shape index (κ1) is 19.7. The molecule has 0 aromatic heterocycles. The molecule has 1 amide bonds. The molecule has 0 heterocycles. The van der Waals surface area contributed by atoms with Crippen LogP contribution in [0.15, 0.2) is 24.3 Å². The molecule has 0 aliphatic rings. The average Bonchev–Trinajstić information content (AvgIpc) is 2.52. The lowest BCUT2D eigenvalue weighted by atomic mass is 9.97. The van der Waals surface area contributed by atoms with Crippen molar-refractivity contribution in [3.05, 3.63) is 41.0 Å². The fraction of sp³-hybridized carbons (Fsp3) is 0.375. The zero-order valence-corrected chi connectivity index (χ0v) is 13.5. The second-order valence-corrected chi connectivity index (χ2v) is 4.71. The quantitative estimate of drug-likeness (QED) is 0.452. The number of hydroxylamine groups is 2. The Morgan fingerprint density at radius 1 is 1.29 bits per heavy atom. The molecule has 5 nitrogen and oxygen atoms in total. The number of hydrogen-bond donors (Lipinski definition) is 0. The van der Waals surface area contributed by atoms with Crippen LogP contribution in [-0.4, -0.2) is 37.7 Å². The molecule has 0 fully saturated rings. The van der Waals surface area contributed by atoms with Crippen molar-refractivity contribution in [2.75, 3.05) is 20.8 Å². The largest absolute Gasteiger partial charge is 0.463 e. The maximum atomic E-state index is 13.2. The molecule has 0 N–H and O–H groups in total. The van der Waals surface area contributed by atoms with E-state index in [0.29, 0.717) is 0 Å². The van der Waals surface area contributed by atoms with Crippen molar-refractivity contribution in [3.63, 3.8) is 0 Å². The molecule has 1 aromatic carbocycles. The van der Waals surface area contributed by atoms with Crippen molar-refractivity contribution in [3.8, 4) is 0 Å². The Hall–Kier alpha value is -2.35. The maximum absolute atomic E-state index is 13.2. The van der Waals surface area contributed by atoms with Gasteiger partial charge in [0, 0.05) is 13.1 Å². The minimum atomic E-state index is -4.63. The number of esters is 1. The second-order valence-electron chi connectivity index (χ2n) is 4.71. The van der Waals surface area contributed by atoms with Gasteiger partial charge >= 0.3 is 12.1 Å². The van der Waals surface area contributed by atoms with Gasteiger partial charge in [0.2, 0.25) is 5.91 Å². The summed E-state index contributed by atoms with van der Waals surface area (Å²) in [6.45, 7) is 1.76. The summed E-state index contributed by atoms with van der Waals surface area (Å²) in [5.41, 5.74) is -1.07. The molecule has 24 heavy (non-hydrogen) atoms. The number of benzene rings is 1. The smallest absolute Gasteiger partial charge is 0.416 e. The van der Waals surface area contributed by atoms with Gasteiger partial charge in [-0.25, -0.2) is 9.86 Å². The molecule has 1 aromatic rings. The number of rotatable bonds is 6. The Bertz CT molecular complexity index is 626. The van der Waals surface area contributed by atoms with Crippen molar-refractivity contribution in [1.29, 1.82) is 0 Å². The number of likely N-dealkylation sites (N-methyl/N-ethyl adjacent to an activating group) is 1. The van der Waals surface area contributed by atoms with E-state index in [4.69, 9.17) is 9.57 Å². The molecule has 132 valence electrons. The highest BCUT2D eigenvalue weighted by molar-refractivity contribution is 5.88. The van der Waals surface area contributed by atoms with E-state index >= 15 is 0 Å². The summed E-state index contributed by atoms with van der Waals surface area (Å²) in [5, 5.41) is 0.839. The van der Waals surface area contributed by atoms with E-state index in [0.717, 1.165) is 17.2 Å². The van der Waals surface area contributed by atoms with Gasteiger partial charge in [-0.15, -0.1) is 0 Å². The lowest BCUT2D eigenvalue weighted by Crippen LogP contribution is -2.28. The number of nitrogens with zero attached hydrogens (tertiary/aromatic N) is 1. The van der Waals surface area contributed by atoms with E-state index < -0.39 is 30.0 Å². The van der Waals surface area contributed by atoms with Gasteiger partial charge in [-0.2, -0.15) is 13.2 Å². The van der Waals surface area contributed by atoms with Crippen LogP contribution in [0.1, 0.15) is 23.6 Å². The van der Waals surface area contributed by atoms with E-state index in [1.54, 1.807) is 6.92 Å². The van der Waals surface area contributed by atoms with Crippen LogP contribution < -0.4 is 0 Å². The van der Waals surface area contributed by atoms with E-state index in [2.05, 4.69) is 0 Å². The summed E-state index contributed by atoms with van der Waals surface area (Å²) >= 11 is 0. The van der Waals surface area contributed by atoms with Crippen LogP contribution in [0.2, 0.25) is 0 Å². The first-order valence-electron chi connectivity index (χ1n) is 7.05. The molecule has 0 aliphatic carbocycles. The summed E-state index contributed by atoms with van der Waals surface area (Å²) < 4.78 is 44.3. The topological polar surface area (TPSA) is 55.8 Å². The molecule has 0 unspecified atom stereocenters. The molecule has 0 saturated heterocycles. The van der Waals surface area contributed by atoms with Gasteiger partial charge in [0.1, 0.15) is 0 Å². The van der Waals surface area contributed by atoms with E-state index in [1.165, 1.54) is 32.4 Å². The summed E-state index contributed by atoms with van der Waals surface area (Å²) in [6.07, 6.45) is -2.94. The zero-order valence-electron chi connectivity index (χ0n) is 13.5. The maximum Gasteiger partial charge on any atom is 0.416 e. The second kappa shape index (κ2) is 8.49. The lowest BCUT2D eigenvalue weighted by Gasteiger charge is -2.18. The standard InChI is InChI=1S/C16H18F3NO4/c1-4-24-15(22)9-8-11-6-5-7-13(16(17,18)19)12(11)10-14(21)20(2)23-3/h5-9H,4,10H2,1-3H3/b9-8+. The van der Waals surface area contributed by atoms with Crippen LogP contribution in [0.25, 0.3) is 6.08 Å². The molecule has 0 bridgehead atoms. The molecule has 1 rings (SSSR count). The summed E-state index contributed by atoms with van der Waals surface area (Å²) in [5.74, 6) is -1.33. The lowest BCUT2D eigenvalue weighted by molar-refractivity contribution is -0.168. The molecular formula is C16H18F3NO4. The normalized spacial score (nSPS) is 11.6. The molecule has 0 aliphatic heterocycles. The number of carbonyl (C=O) groups excluding carboxylic acids is 2. The number of ether oxygens (including phenoxy) is 1. The van der Waals surface area contributed by atoms with E-state index in [1.807, 2.05) is 0 Å². The average molecular weight is 345 g/mol. The van der Waals surface area contributed by atoms with Gasteiger partial charge in [0.15, 0.2) is 0 Å². The summed E-state index contributed by atoms with van der Waals surface area (Å²) in [4.78, 5) is 28.0. The Labute approximate surface area is 137 Å². The van der Waals surface area contributed by atoms with Gasteiger partial charge in [-0.1, -0.05) is 12.1 Å². The third-order valence-electron chi connectivity index (χ3n) is 3.16.